The highest BCUT2D eigenvalue weighted by molar-refractivity contribution is 6.33. The molecule has 0 N–H and O–H groups in total. The molecule has 0 aromatic carbocycles. The van der Waals surface area contributed by atoms with E-state index in [0.717, 1.165) is 6.23 Å². The van der Waals surface area contributed by atoms with Gasteiger partial charge in [0.05, 0.1) is 0 Å². The molecule has 0 heterocycles. The van der Waals surface area contributed by atoms with Crippen LogP contribution in [0.25, 0.3) is 0 Å². The summed E-state index contributed by atoms with van der Waals surface area (Å²) in [5, 5.41) is 0. The van der Waals surface area contributed by atoms with Crippen LogP contribution in [0.15, 0.2) is 12.2 Å². The van der Waals surface area contributed by atoms with E-state index in [9.17, 15) is 4.79 Å². The summed E-state index contributed by atoms with van der Waals surface area (Å²) >= 11 is 0. The van der Waals surface area contributed by atoms with Gasteiger partial charge in [-0.2, -0.15) is 0 Å². The van der Waals surface area contributed by atoms with Gasteiger partial charge in [-0.1, -0.05) is 13.1 Å². The van der Waals surface area contributed by atoms with Crippen LogP contribution in [0, 0.1) is 0 Å². The molecule has 0 bridgehead atoms. The quantitative estimate of drug-likeness (QED) is 0.289. The molecule has 76 valence electrons. The molecule has 0 amide bonds. The van der Waals surface area contributed by atoms with Gasteiger partial charge in [0, 0.05) is 35.2 Å². The third-order valence-corrected chi connectivity index (χ3v) is 1.95. The second kappa shape index (κ2) is 5.19. The van der Waals surface area contributed by atoms with Crippen molar-refractivity contribution in [2.75, 3.05) is 6.23 Å². The van der Waals surface area contributed by atoms with Gasteiger partial charge < -0.3 is 9.47 Å². The Morgan fingerprint density at radius 3 is 2.46 bits per heavy atom. The second-order valence-electron chi connectivity index (χ2n) is 3.42. The van der Waals surface area contributed by atoms with Gasteiger partial charge in [0.15, 0.2) is 0 Å². The minimum absolute atomic E-state index is 0.155. The fourth-order valence-electron chi connectivity index (χ4n) is 0.688. The molecule has 0 atom stereocenters. The van der Waals surface area contributed by atoms with Crippen molar-refractivity contribution in [3.8, 4) is 0 Å². The monoisotopic (exact) mass is 202 g/mol. The molecule has 0 aliphatic heterocycles. The molecule has 0 aliphatic rings. The van der Waals surface area contributed by atoms with Gasteiger partial charge in [0.1, 0.15) is 0 Å². The number of esters is 1. The van der Waals surface area contributed by atoms with Crippen LogP contribution in [0.5, 0.6) is 0 Å². The Bertz CT molecular complexity index is 199. The number of ether oxygens (including phenoxy) is 2. The van der Waals surface area contributed by atoms with Crippen molar-refractivity contribution in [2.45, 2.75) is 33.1 Å². The summed E-state index contributed by atoms with van der Waals surface area (Å²) in [6.45, 7) is 10.7. The van der Waals surface area contributed by atoms with E-state index in [4.69, 9.17) is 9.47 Å². The highest BCUT2D eigenvalue weighted by atomic mass is 28.2. The topological polar surface area (TPSA) is 35.5 Å². The fourth-order valence-corrected chi connectivity index (χ4v) is 1.38. The van der Waals surface area contributed by atoms with Crippen LogP contribution in [0.3, 0.4) is 0 Å². The second-order valence-corrected chi connectivity index (χ2v) is 4.83. The van der Waals surface area contributed by atoms with Gasteiger partial charge >= 0.3 is 5.97 Å². The lowest BCUT2D eigenvalue weighted by Crippen LogP contribution is -2.32. The predicted octanol–water partition coefficient (Wildman–Crippen LogP) is 1.03. The third kappa shape index (κ3) is 5.60. The standard InChI is InChI=1S/C9H18O3Si/c1-7(2)8(10)12-9(3,4)11-6-13-5/h1,6,13H2,2-5H3. The van der Waals surface area contributed by atoms with Crippen LogP contribution in [-0.4, -0.2) is 27.5 Å². The molecule has 0 radical (unpaired) electrons. The first-order valence-electron chi connectivity index (χ1n) is 4.42. The predicted molar refractivity (Wildman–Crippen MR) is 55.3 cm³/mol. The molecule has 0 saturated heterocycles. The Hall–Kier alpha value is -0.613. The maximum absolute atomic E-state index is 11.1. The van der Waals surface area contributed by atoms with Crippen LogP contribution < -0.4 is 0 Å². The molecule has 0 fully saturated rings. The third-order valence-electron chi connectivity index (χ3n) is 1.34. The average Bonchev–Trinajstić information content (AvgIpc) is 2.00. The summed E-state index contributed by atoms with van der Waals surface area (Å²) in [4.78, 5) is 11.1. The normalized spacial score (nSPS) is 12.0. The van der Waals surface area contributed by atoms with Crippen LogP contribution >= 0.6 is 0 Å². The molecule has 0 aromatic rings. The Morgan fingerprint density at radius 2 is 2.08 bits per heavy atom. The van der Waals surface area contributed by atoms with Crippen molar-refractivity contribution in [1.82, 2.24) is 0 Å². The highest BCUT2D eigenvalue weighted by Crippen LogP contribution is 2.12. The van der Waals surface area contributed by atoms with Crippen LogP contribution in [0.4, 0.5) is 0 Å². The molecule has 3 nitrogen and oxygen atoms in total. The Kier molecular flexibility index (Phi) is 4.94. The van der Waals surface area contributed by atoms with Gasteiger partial charge in [0.2, 0.25) is 5.79 Å². The Balaban J connectivity index is 4.00. The molecule has 0 rings (SSSR count). The number of rotatable bonds is 5. The Morgan fingerprint density at radius 1 is 1.54 bits per heavy atom. The molecule has 0 aromatic heterocycles. The van der Waals surface area contributed by atoms with E-state index < -0.39 is 11.8 Å². The van der Waals surface area contributed by atoms with Crippen molar-refractivity contribution < 1.29 is 14.3 Å². The van der Waals surface area contributed by atoms with Gasteiger partial charge in [-0.25, -0.2) is 4.79 Å². The van der Waals surface area contributed by atoms with Crippen molar-refractivity contribution in [3.05, 3.63) is 12.2 Å². The van der Waals surface area contributed by atoms with Crippen molar-refractivity contribution in [2.24, 2.45) is 0 Å². The van der Waals surface area contributed by atoms with E-state index in [1.54, 1.807) is 20.8 Å². The Labute approximate surface area is 81.9 Å². The van der Waals surface area contributed by atoms with Gasteiger partial charge in [-0.15, -0.1) is 0 Å². The number of carbonyl (C=O) groups excluding carboxylic acids is 1. The maximum atomic E-state index is 11.1. The number of carbonyl (C=O) groups is 1. The smallest absolute Gasteiger partial charge is 0.335 e. The zero-order chi connectivity index (χ0) is 10.5. The first-order valence-corrected chi connectivity index (χ1v) is 6.83. The first kappa shape index (κ1) is 12.4. The van der Waals surface area contributed by atoms with Crippen molar-refractivity contribution in [1.29, 1.82) is 0 Å². The largest absolute Gasteiger partial charge is 0.430 e. The zero-order valence-electron chi connectivity index (χ0n) is 8.85. The average molecular weight is 202 g/mol. The molecule has 0 aliphatic carbocycles. The molecule has 0 spiro atoms. The van der Waals surface area contributed by atoms with Gasteiger partial charge in [-0.05, 0) is 6.92 Å². The summed E-state index contributed by atoms with van der Waals surface area (Å²) < 4.78 is 10.4. The SMILES string of the molecule is C=C(C)C(=O)OC(C)(C)OC[SiH2]C. The van der Waals surface area contributed by atoms with E-state index >= 15 is 0 Å². The van der Waals surface area contributed by atoms with Crippen LogP contribution in [0.1, 0.15) is 20.8 Å². The van der Waals surface area contributed by atoms with E-state index in [1.807, 2.05) is 0 Å². The van der Waals surface area contributed by atoms with E-state index in [1.165, 1.54) is 0 Å². The first-order chi connectivity index (χ1) is 5.89. The van der Waals surface area contributed by atoms with Crippen LogP contribution in [0.2, 0.25) is 6.55 Å². The fraction of sp³-hybridized carbons (Fsp3) is 0.667. The van der Waals surface area contributed by atoms with E-state index in [0.29, 0.717) is 5.57 Å². The summed E-state index contributed by atoms with van der Waals surface area (Å²) in [7, 11) is -0.155. The summed E-state index contributed by atoms with van der Waals surface area (Å²) in [5.74, 6) is -1.22. The summed E-state index contributed by atoms with van der Waals surface area (Å²) in [6, 6.07) is 0. The minimum Gasteiger partial charge on any atom is -0.430 e. The summed E-state index contributed by atoms with van der Waals surface area (Å²) in [5.41, 5.74) is 0.394. The molecule has 13 heavy (non-hydrogen) atoms. The van der Waals surface area contributed by atoms with Crippen molar-refractivity contribution in [3.63, 3.8) is 0 Å². The van der Waals surface area contributed by atoms with Crippen LogP contribution in [-0.2, 0) is 14.3 Å². The lowest BCUT2D eigenvalue weighted by molar-refractivity contribution is -0.205. The lowest BCUT2D eigenvalue weighted by atomic mass is 10.3. The molecule has 4 heteroatoms. The van der Waals surface area contributed by atoms with Crippen molar-refractivity contribution >= 4 is 15.5 Å². The van der Waals surface area contributed by atoms with Gasteiger partial charge in [0.25, 0.3) is 0 Å². The summed E-state index contributed by atoms with van der Waals surface area (Å²) in [6.07, 6.45) is 0.719. The molecular weight excluding hydrogens is 184 g/mol. The molecular formula is C9H18O3Si. The highest BCUT2D eigenvalue weighted by Gasteiger charge is 2.23. The van der Waals surface area contributed by atoms with E-state index in [2.05, 4.69) is 13.1 Å². The maximum Gasteiger partial charge on any atom is 0.335 e. The molecule has 0 unspecified atom stereocenters. The van der Waals surface area contributed by atoms with Gasteiger partial charge in [-0.3, -0.25) is 0 Å². The van der Waals surface area contributed by atoms with E-state index in [-0.39, 0.29) is 9.52 Å². The zero-order valence-corrected chi connectivity index (χ0v) is 10.3. The number of hydrogen-bond acceptors (Lipinski definition) is 3. The minimum atomic E-state index is -0.820. The lowest BCUT2D eigenvalue weighted by Gasteiger charge is -2.25. The molecule has 0 saturated carbocycles. The number of hydrogen-bond donors (Lipinski definition) is 0.